The molecule has 0 bridgehead atoms. The van der Waals surface area contributed by atoms with Gasteiger partial charge in [-0.05, 0) is 37.1 Å². The van der Waals surface area contributed by atoms with Crippen LogP contribution < -0.4 is 5.32 Å². The zero-order valence-electron chi connectivity index (χ0n) is 13.2. The summed E-state index contributed by atoms with van der Waals surface area (Å²) in [5.41, 5.74) is 4.07. The third-order valence-corrected chi connectivity index (χ3v) is 3.77. The van der Waals surface area contributed by atoms with E-state index in [0.29, 0.717) is 5.69 Å². The van der Waals surface area contributed by atoms with Gasteiger partial charge in [0.1, 0.15) is 11.3 Å². The molecule has 23 heavy (non-hydrogen) atoms. The number of carbonyl (C=O) groups is 1. The Balaban J connectivity index is 1.67. The molecule has 3 rings (SSSR count). The molecular formula is C18H19N3O2. The van der Waals surface area contributed by atoms with E-state index in [9.17, 15) is 9.90 Å². The molecule has 0 aliphatic rings. The van der Waals surface area contributed by atoms with Crippen LogP contribution in [-0.4, -0.2) is 26.9 Å². The maximum atomic E-state index is 12.2. The van der Waals surface area contributed by atoms with E-state index in [1.807, 2.05) is 56.4 Å². The zero-order valence-corrected chi connectivity index (χ0v) is 13.2. The van der Waals surface area contributed by atoms with Gasteiger partial charge in [-0.2, -0.15) is 0 Å². The van der Waals surface area contributed by atoms with Crippen molar-refractivity contribution in [2.45, 2.75) is 20.0 Å². The Kier molecular flexibility index (Phi) is 4.12. The molecule has 1 atom stereocenters. The summed E-state index contributed by atoms with van der Waals surface area (Å²) >= 11 is 0. The molecule has 0 saturated heterocycles. The lowest BCUT2D eigenvalue weighted by Crippen LogP contribution is -2.28. The standard InChI is InChI=1S/C18H19N3O2/c1-12-3-5-14(6-4-12)16(22)10-19-18(23)15-11-21-8-7-13(2)9-17(21)20-15/h3-9,11,16,22H,10H2,1-2H3,(H,19,23)/t16-/m1/s1. The molecule has 0 saturated carbocycles. The average Bonchev–Trinajstić information content (AvgIpc) is 2.96. The average molecular weight is 309 g/mol. The first-order valence-corrected chi connectivity index (χ1v) is 7.51. The van der Waals surface area contributed by atoms with Gasteiger partial charge < -0.3 is 14.8 Å². The fraction of sp³-hybridized carbons (Fsp3) is 0.222. The smallest absolute Gasteiger partial charge is 0.271 e. The number of nitrogens with zero attached hydrogens (tertiary/aromatic N) is 2. The number of aromatic nitrogens is 2. The van der Waals surface area contributed by atoms with Crippen molar-refractivity contribution in [3.8, 4) is 0 Å². The predicted molar refractivity (Wildman–Crippen MR) is 88.4 cm³/mol. The van der Waals surface area contributed by atoms with E-state index in [2.05, 4.69) is 10.3 Å². The van der Waals surface area contributed by atoms with Crippen LogP contribution in [0, 0.1) is 13.8 Å². The van der Waals surface area contributed by atoms with Gasteiger partial charge in [-0.15, -0.1) is 0 Å². The lowest BCUT2D eigenvalue weighted by molar-refractivity contribution is 0.0912. The molecule has 5 nitrogen and oxygen atoms in total. The van der Waals surface area contributed by atoms with Gasteiger partial charge in [0.05, 0.1) is 6.10 Å². The van der Waals surface area contributed by atoms with Gasteiger partial charge in [0.15, 0.2) is 0 Å². The van der Waals surface area contributed by atoms with E-state index >= 15 is 0 Å². The summed E-state index contributed by atoms with van der Waals surface area (Å²) in [6, 6.07) is 11.5. The molecule has 0 spiro atoms. The van der Waals surface area contributed by atoms with Crippen LogP contribution in [0.1, 0.15) is 33.3 Å². The van der Waals surface area contributed by atoms with Crippen molar-refractivity contribution in [3.63, 3.8) is 0 Å². The number of fused-ring (bicyclic) bond motifs is 1. The number of benzene rings is 1. The third-order valence-electron chi connectivity index (χ3n) is 3.77. The Labute approximate surface area is 134 Å². The molecule has 3 aromatic rings. The number of imidazole rings is 1. The first-order chi connectivity index (χ1) is 11.0. The number of aliphatic hydroxyl groups excluding tert-OH is 1. The highest BCUT2D eigenvalue weighted by atomic mass is 16.3. The Hall–Kier alpha value is -2.66. The maximum Gasteiger partial charge on any atom is 0.271 e. The second-order valence-electron chi connectivity index (χ2n) is 5.73. The molecule has 2 heterocycles. The lowest BCUT2D eigenvalue weighted by atomic mass is 10.1. The number of amides is 1. The molecule has 0 unspecified atom stereocenters. The van der Waals surface area contributed by atoms with Crippen molar-refractivity contribution >= 4 is 11.6 Å². The summed E-state index contributed by atoms with van der Waals surface area (Å²) in [5.74, 6) is -0.294. The fourth-order valence-corrected chi connectivity index (χ4v) is 2.38. The minimum absolute atomic E-state index is 0.148. The van der Waals surface area contributed by atoms with Gasteiger partial charge in [0.25, 0.3) is 5.91 Å². The Morgan fingerprint density at radius 1 is 1.22 bits per heavy atom. The summed E-state index contributed by atoms with van der Waals surface area (Å²) in [6.45, 7) is 4.12. The summed E-state index contributed by atoms with van der Waals surface area (Å²) in [5, 5.41) is 12.9. The Morgan fingerprint density at radius 3 is 2.70 bits per heavy atom. The van der Waals surface area contributed by atoms with E-state index in [1.54, 1.807) is 10.6 Å². The van der Waals surface area contributed by atoms with Crippen molar-refractivity contribution in [1.29, 1.82) is 0 Å². The normalized spacial score (nSPS) is 12.3. The molecule has 0 radical (unpaired) electrons. The van der Waals surface area contributed by atoms with Gasteiger partial charge >= 0.3 is 0 Å². The molecule has 0 fully saturated rings. The van der Waals surface area contributed by atoms with Gasteiger partial charge in [0, 0.05) is 18.9 Å². The molecular weight excluding hydrogens is 290 g/mol. The van der Waals surface area contributed by atoms with Gasteiger partial charge in [-0.25, -0.2) is 4.98 Å². The number of carbonyl (C=O) groups excluding carboxylic acids is 1. The van der Waals surface area contributed by atoms with E-state index in [0.717, 1.165) is 22.3 Å². The number of aryl methyl sites for hydroxylation is 2. The third kappa shape index (κ3) is 3.40. The van der Waals surface area contributed by atoms with Gasteiger partial charge in [-0.1, -0.05) is 29.8 Å². The van der Waals surface area contributed by atoms with Gasteiger partial charge in [0.2, 0.25) is 0 Å². The molecule has 0 aliphatic heterocycles. The second kappa shape index (κ2) is 6.22. The molecule has 0 aliphatic carbocycles. The first kappa shape index (κ1) is 15.2. The Bertz CT molecular complexity index is 837. The maximum absolute atomic E-state index is 12.2. The minimum atomic E-state index is -0.737. The van der Waals surface area contributed by atoms with E-state index in [1.165, 1.54) is 0 Å². The number of hydrogen-bond donors (Lipinski definition) is 2. The van der Waals surface area contributed by atoms with Crippen molar-refractivity contribution in [1.82, 2.24) is 14.7 Å². The summed E-state index contributed by atoms with van der Waals surface area (Å²) in [7, 11) is 0. The molecule has 2 aromatic heterocycles. The van der Waals surface area contributed by atoms with Crippen molar-refractivity contribution in [2.24, 2.45) is 0 Å². The van der Waals surface area contributed by atoms with Gasteiger partial charge in [-0.3, -0.25) is 4.79 Å². The minimum Gasteiger partial charge on any atom is -0.387 e. The quantitative estimate of drug-likeness (QED) is 0.778. The Morgan fingerprint density at radius 2 is 1.96 bits per heavy atom. The second-order valence-corrected chi connectivity index (χ2v) is 5.73. The predicted octanol–water partition coefficient (Wildman–Crippen LogP) is 2.41. The zero-order chi connectivity index (χ0) is 16.4. The number of pyridine rings is 1. The highest BCUT2D eigenvalue weighted by Crippen LogP contribution is 2.13. The summed E-state index contributed by atoms with van der Waals surface area (Å²) < 4.78 is 1.80. The van der Waals surface area contributed by atoms with Crippen LogP contribution in [0.3, 0.4) is 0 Å². The van der Waals surface area contributed by atoms with Crippen LogP contribution in [0.15, 0.2) is 48.8 Å². The summed E-state index contributed by atoms with van der Waals surface area (Å²) in [6.07, 6.45) is 2.82. The number of aliphatic hydroxyl groups is 1. The number of nitrogens with one attached hydrogen (secondary N) is 1. The van der Waals surface area contributed by atoms with Crippen molar-refractivity contribution < 1.29 is 9.90 Å². The number of hydrogen-bond acceptors (Lipinski definition) is 3. The molecule has 1 aromatic carbocycles. The van der Waals surface area contributed by atoms with Crippen LogP contribution >= 0.6 is 0 Å². The molecule has 1 amide bonds. The van der Waals surface area contributed by atoms with Crippen molar-refractivity contribution in [2.75, 3.05) is 6.54 Å². The van der Waals surface area contributed by atoms with Crippen LogP contribution in [0.25, 0.3) is 5.65 Å². The fourth-order valence-electron chi connectivity index (χ4n) is 2.38. The lowest BCUT2D eigenvalue weighted by Gasteiger charge is -2.11. The number of rotatable bonds is 4. The van der Waals surface area contributed by atoms with E-state index < -0.39 is 6.10 Å². The monoisotopic (exact) mass is 309 g/mol. The van der Waals surface area contributed by atoms with Crippen LogP contribution in [-0.2, 0) is 0 Å². The van der Waals surface area contributed by atoms with Crippen LogP contribution in [0.5, 0.6) is 0 Å². The van der Waals surface area contributed by atoms with E-state index in [-0.39, 0.29) is 12.5 Å². The van der Waals surface area contributed by atoms with Crippen LogP contribution in [0.4, 0.5) is 0 Å². The molecule has 118 valence electrons. The van der Waals surface area contributed by atoms with Crippen molar-refractivity contribution in [3.05, 3.63) is 71.2 Å². The molecule has 2 N–H and O–H groups in total. The van der Waals surface area contributed by atoms with Crippen LogP contribution in [0.2, 0.25) is 0 Å². The topological polar surface area (TPSA) is 66.6 Å². The first-order valence-electron chi connectivity index (χ1n) is 7.51. The molecule has 5 heteroatoms. The highest BCUT2D eigenvalue weighted by molar-refractivity contribution is 5.92. The largest absolute Gasteiger partial charge is 0.387 e. The van der Waals surface area contributed by atoms with E-state index in [4.69, 9.17) is 0 Å². The SMILES string of the molecule is Cc1ccc([C@H](O)CNC(=O)c2cn3ccc(C)cc3n2)cc1. The summed E-state index contributed by atoms with van der Waals surface area (Å²) in [4.78, 5) is 16.5. The highest BCUT2D eigenvalue weighted by Gasteiger charge is 2.13.